The molecule has 0 unspecified atom stereocenters. The van der Waals surface area contributed by atoms with Gasteiger partial charge in [0.15, 0.2) is 0 Å². The number of hydrazone groups is 1. The zero-order valence-corrected chi connectivity index (χ0v) is 16.6. The van der Waals surface area contributed by atoms with Crippen LogP contribution in [-0.2, 0) is 14.8 Å². The third-order valence-electron chi connectivity index (χ3n) is 3.36. The largest absolute Gasteiger partial charge is 0.478 e. The van der Waals surface area contributed by atoms with E-state index in [0.717, 1.165) is 15.0 Å². The van der Waals surface area contributed by atoms with Gasteiger partial charge in [0.25, 0.3) is 5.91 Å². The summed E-state index contributed by atoms with van der Waals surface area (Å²) in [5.41, 5.74) is 3.31. The van der Waals surface area contributed by atoms with Gasteiger partial charge in [-0.3, -0.25) is 9.10 Å². The van der Waals surface area contributed by atoms with E-state index >= 15 is 0 Å². The van der Waals surface area contributed by atoms with Crippen LogP contribution in [0, 0.1) is 0 Å². The summed E-state index contributed by atoms with van der Waals surface area (Å²) in [4.78, 5) is 22.8. The Morgan fingerprint density at radius 1 is 1.15 bits per heavy atom. The molecule has 8 nitrogen and oxygen atoms in total. The molecule has 0 aromatic heterocycles. The van der Waals surface area contributed by atoms with Gasteiger partial charge in [-0.15, -0.1) is 0 Å². The minimum atomic E-state index is -3.67. The summed E-state index contributed by atoms with van der Waals surface area (Å²) in [5.74, 6) is -1.66. The number of hydrogen-bond donors (Lipinski definition) is 2. The number of halogens is 1. The third kappa shape index (κ3) is 6.19. The molecule has 0 aliphatic rings. The fraction of sp³-hybridized carbons (Fsp3) is 0.118. The number of anilines is 1. The normalized spacial score (nSPS) is 11.3. The number of hydrogen-bond acceptors (Lipinski definition) is 5. The lowest BCUT2D eigenvalue weighted by Gasteiger charge is -2.21. The summed E-state index contributed by atoms with van der Waals surface area (Å²) in [5, 5.41) is 12.6. The molecule has 27 heavy (non-hydrogen) atoms. The van der Waals surface area contributed by atoms with Crippen LogP contribution in [-0.4, -0.2) is 44.4 Å². The van der Waals surface area contributed by atoms with Gasteiger partial charge in [0, 0.05) is 4.47 Å². The second kappa shape index (κ2) is 8.78. The monoisotopic (exact) mass is 453 g/mol. The predicted octanol–water partition coefficient (Wildman–Crippen LogP) is 2.06. The highest BCUT2D eigenvalue weighted by Crippen LogP contribution is 2.20. The highest BCUT2D eigenvalue weighted by molar-refractivity contribution is 9.10. The first-order chi connectivity index (χ1) is 12.7. The SMILES string of the molecule is CS(=O)(=O)N(CC(=O)N/N=C\c1ccc(C(=O)O)cc1)c1ccc(Br)cc1. The molecule has 0 saturated heterocycles. The molecule has 0 saturated carbocycles. The van der Waals surface area contributed by atoms with Gasteiger partial charge in [0.2, 0.25) is 10.0 Å². The van der Waals surface area contributed by atoms with Crippen molar-refractivity contribution in [2.24, 2.45) is 5.10 Å². The van der Waals surface area contributed by atoms with Crippen molar-refractivity contribution in [2.75, 3.05) is 17.1 Å². The van der Waals surface area contributed by atoms with Gasteiger partial charge >= 0.3 is 5.97 Å². The molecule has 0 bridgehead atoms. The topological polar surface area (TPSA) is 116 Å². The number of carbonyl (C=O) groups excluding carboxylic acids is 1. The van der Waals surface area contributed by atoms with Gasteiger partial charge in [-0.25, -0.2) is 18.6 Å². The number of amides is 1. The molecule has 10 heteroatoms. The van der Waals surface area contributed by atoms with E-state index in [4.69, 9.17) is 5.11 Å². The molecular weight excluding hydrogens is 438 g/mol. The van der Waals surface area contributed by atoms with Gasteiger partial charge < -0.3 is 5.11 Å². The van der Waals surface area contributed by atoms with Crippen molar-refractivity contribution in [2.45, 2.75) is 0 Å². The number of nitrogens with zero attached hydrogens (tertiary/aromatic N) is 2. The van der Waals surface area contributed by atoms with E-state index in [1.807, 2.05) is 0 Å². The zero-order valence-electron chi connectivity index (χ0n) is 14.2. The molecule has 2 N–H and O–H groups in total. The number of carboxylic acids is 1. The van der Waals surface area contributed by atoms with Crippen LogP contribution in [0.3, 0.4) is 0 Å². The quantitative estimate of drug-likeness (QED) is 0.491. The standard InChI is InChI=1S/C17H16BrN3O5S/c1-27(25,26)21(15-8-6-14(18)7-9-15)11-16(22)20-19-10-12-2-4-13(5-3-12)17(23)24/h2-10H,11H2,1H3,(H,20,22)(H,23,24)/b19-10-. The molecular formula is C17H16BrN3O5S. The van der Waals surface area contributed by atoms with Crippen molar-refractivity contribution in [3.8, 4) is 0 Å². The number of carbonyl (C=O) groups is 2. The van der Waals surface area contributed by atoms with Crippen molar-refractivity contribution in [1.29, 1.82) is 0 Å². The minimum absolute atomic E-state index is 0.134. The van der Waals surface area contributed by atoms with E-state index in [1.165, 1.54) is 30.5 Å². The molecule has 2 aromatic carbocycles. The van der Waals surface area contributed by atoms with E-state index in [1.54, 1.807) is 24.3 Å². The molecule has 2 rings (SSSR count). The lowest BCUT2D eigenvalue weighted by Crippen LogP contribution is -2.39. The predicted molar refractivity (Wildman–Crippen MR) is 105 cm³/mol. The number of benzene rings is 2. The fourth-order valence-corrected chi connectivity index (χ4v) is 3.18. The number of nitrogens with one attached hydrogen (secondary N) is 1. The molecule has 0 spiro atoms. The highest BCUT2D eigenvalue weighted by atomic mass is 79.9. The number of aromatic carboxylic acids is 1. The average molecular weight is 454 g/mol. The molecule has 1 amide bonds. The van der Waals surface area contributed by atoms with Gasteiger partial charge in [0.1, 0.15) is 6.54 Å². The second-order valence-corrected chi connectivity index (χ2v) is 8.29. The van der Waals surface area contributed by atoms with Gasteiger partial charge in [-0.05, 0) is 42.0 Å². The Kier molecular flexibility index (Phi) is 6.70. The van der Waals surface area contributed by atoms with Crippen LogP contribution in [0.15, 0.2) is 58.1 Å². The summed E-state index contributed by atoms with van der Waals surface area (Å²) >= 11 is 3.27. The lowest BCUT2D eigenvalue weighted by molar-refractivity contribution is -0.119. The van der Waals surface area contributed by atoms with Crippen LogP contribution >= 0.6 is 15.9 Å². The Balaban J connectivity index is 2.03. The smallest absolute Gasteiger partial charge is 0.335 e. The van der Waals surface area contributed by atoms with Crippen molar-refractivity contribution < 1.29 is 23.1 Å². The highest BCUT2D eigenvalue weighted by Gasteiger charge is 2.20. The first-order valence-corrected chi connectivity index (χ1v) is 10.2. The van der Waals surface area contributed by atoms with Gasteiger partial charge in [-0.1, -0.05) is 28.1 Å². The maximum Gasteiger partial charge on any atom is 0.335 e. The Morgan fingerprint density at radius 3 is 2.26 bits per heavy atom. The van der Waals surface area contributed by atoms with E-state index in [0.29, 0.717) is 11.3 Å². The number of rotatable bonds is 7. The number of carboxylic acid groups (broad SMARTS) is 1. The maximum absolute atomic E-state index is 12.1. The lowest BCUT2D eigenvalue weighted by atomic mass is 10.1. The average Bonchev–Trinajstić information content (AvgIpc) is 2.60. The maximum atomic E-state index is 12.1. The Morgan fingerprint density at radius 2 is 1.74 bits per heavy atom. The third-order valence-corrected chi connectivity index (χ3v) is 5.03. The molecule has 0 radical (unpaired) electrons. The van der Waals surface area contributed by atoms with Crippen molar-refractivity contribution >= 4 is 49.7 Å². The summed E-state index contributed by atoms with van der Waals surface area (Å²) in [6.07, 6.45) is 2.34. The molecule has 0 fully saturated rings. The van der Waals surface area contributed by atoms with Crippen molar-refractivity contribution in [3.05, 3.63) is 64.1 Å². The van der Waals surface area contributed by atoms with E-state index in [2.05, 4.69) is 26.5 Å². The van der Waals surface area contributed by atoms with E-state index in [9.17, 15) is 18.0 Å². The molecule has 142 valence electrons. The van der Waals surface area contributed by atoms with Gasteiger partial charge in [-0.2, -0.15) is 5.10 Å². The second-order valence-electron chi connectivity index (χ2n) is 5.47. The Labute approximate surface area is 164 Å². The van der Waals surface area contributed by atoms with E-state index < -0.39 is 28.4 Å². The minimum Gasteiger partial charge on any atom is -0.478 e. The molecule has 0 atom stereocenters. The van der Waals surface area contributed by atoms with Crippen LogP contribution in [0.25, 0.3) is 0 Å². The molecule has 0 heterocycles. The number of sulfonamides is 1. The summed E-state index contributed by atoms with van der Waals surface area (Å²) in [7, 11) is -3.67. The Bertz CT molecular complexity index is 957. The van der Waals surface area contributed by atoms with Crippen LogP contribution in [0.1, 0.15) is 15.9 Å². The van der Waals surface area contributed by atoms with Crippen LogP contribution in [0.2, 0.25) is 0 Å². The van der Waals surface area contributed by atoms with Crippen molar-refractivity contribution in [1.82, 2.24) is 5.43 Å². The molecule has 2 aromatic rings. The summed E-state index contributed by atoms with van der Waals surface area (Å²) in [6, 6.07) is 12.4. The van der Waals surface area contributed by atoms with Gasteiger partial charge in [0.05, 0.1) is 23.7 Å². The molecule has 0 aliphatic heterocycles. The van der Waals surface area contributed by atoms with Crippen LogP contribution in [0.4, 0.5) is 5.69 Å². The summed E-state index contributed by atoms with van der Waals surface area (Å²) in [6.45, 7) is -0.435. The van der Waals surface area contributed by atoms with Crippen molar-refractivity contribution in [3.63, 3.8) is 0 Å². The fourth-order valence-electron chi connectivity index (χ4n) is 2.06. The summed E-state index contributed by atoms with van der Waals surface area (Å²) < 4.78 is 25.7. The Hall–Kier alpha value is -2.72. The van der Waals surface area contributed by atoms with Crippen LogP contribution < -0.4 is 9.73 Å². The van der Waals surface area contributed by atoms with Crippen LogP contribution in [0.5, 0.6) is 0 Å². The zero-order chi connectivity index (χ0) is 20.0. The van der Waals surface area contributed by atoms with E-state index in [-0.39, 0.29) is 5.56 Å². The molecule has 0 aliphatic carbocycles. The first-order valence-electron chi connectivity index (χ1n) is 7.55. The first kappa shape index (κ1) is 20.6.